The average Bonchev–Trinajstić information content (AvgIpc) is 2.82. The SMILES string of the molecule is Cc1cnc(COc2cc(C)c(-c3cn(-c4ccnc(C(C)(C)O)n4)c(=O)cc3C)c(F)c2Cl)c(F)c1. The van der Waals surface area contributed by atoms with Gasteiger partial charge in [0.1, 0.15) is 40.3 Å². The van der Waals surface area contributed by atoms with E-state index in [9.17, 15) is 14.3 Å². The molecule has 0 aliphatic carbocycles. The van der Waals surface area contributed by atoms with Crippen molar-refractivity contribution in [3.05, 3.63) is 98.1 Å². The zero-order valence-electron chi connectivity index (χ0n) is 20.9. The van der Waals surface area contributed by atoms with Crippen LogP contribution in [0.5, 0.6) is 5.75 Å². The Bertz CT molecular complexity index is 1570. The lowest BCUT2D eigenvalue weighted by atomic mass is 9.97. The maximum atomic E-state index is 15.7. The lowest BCUT2D eigenvalue weighted by Gasteiger charge is -2.18. The van der Waals surface area contributed by atoms with Crippen LogP contribution in [0.15, 0.2) is 47.7 Å². The number of hydrogen-bond donors (Lipinski definition) is 1. The fourth-order valence-electron chi connectivity index (χ4n) is 3.82. The molecule has 1 aromatic carbocycles. The summed E-state index contributed by atoms with van der Waals surface area (Å²) in [5.74, 6) is -0.887. The predicted molar refractivity (Wildman–Crippen MR) is 136 cm³/mol. The van der Waals surface area contributed by atoms with Crippen molar-refractivity contribution in [2.45, 2.75) is 46.8 Å². The van der Waals surface area contributed by atoms with E-state index < -0.39 is 22.8 Å². The van der Waals surface area contributed by atoms with E-state index in [1.54, 1.807) is 26.8 Å². The van der Waals surface area contributed by atoms with Crippen LogP contribution < -0.4 is 10.3 Å². The predicted octanol–water partition coefficient (Wildman–Crippen LogP) is 5.35. The molecular weight excluding hydrogens is 502 g/mol. The standard InChI is InChI=1S/C27H25ClF2N4O3/c1-14-8-18(29)19(32-11-14)13-37-20-9-16(3)23(25(30)24(20)28)17-12-34(22(35)10-15(17)2)21-6-7-31-26(33-21)27(4,5)36/h6-12,36H,13H2,1-5H3. The van der Waals surface area contributed by atoms with E-state index in [1.807, 2.05) is 0 Å². The number of rotatable bonds is 6. The van der Waals surface area contributed by atoms with Crippen LogP contribution in [-0.4, -0.2) is 24.6 Å². The van der Waals surface area contributed by atoms with Gasteiger partial charge in [-0.3, -0.25) is 14.3 Å². The Morgan fingerprint density at radius 1 is 1.11 bits per heavy atom. The summed E-state index contributed by atoms with van der Waals surface area (Å²) in [5, 5.41) is 9.99. The summed E-state index contributed by atoms with van der Waals surface area (Å²) < 4.78 is 36.7. The minimum Gasteiger partial charge on any atom is -0.485 e. The van der Waals surface area contributed by atoms with E-state index >= 15 is 4.39 Å². The Balaban J connectivity index is 1.76. The van der Waals surface area contributed by atoms with Crippen LogP contribution in [0.2, 0.25) is 5.02 Å². The molecule has 0 spiro atoms. The number of benzene rings is 1. The number of aryl methyl sites for hydroxylation is 3. The second kappa shape index (κ2) is 9.99. The largest absolute Gasteiger partial charge is 0.485 e. The third-order valence-corrected chi connectivity index (χ3v) is 6.11. The topological polar surface area (TPSA) is 90.1 Å². The molecule has 0 radical (unpaired) electrons. The van der Waals surface area contributed by atoms with Crippen molar-refractivity contribution in [2.24, 2.45) is 0 Å². The van der Waals surface area contributed by atoms with Gasteiger partial charge in [-0.1, -0.05) is 11.6 Å². The third kappa shape index (κ3) is 5.38. The molecule has 0 amide bonds. The summed E-state index contributed by atoms with van der Waals surface area (Å²) in [6.07, 6.45) is 4.42. The fourth-order valence-corrected chi connectivity index (χ4v) is 4.02. The van der Waals surface area contributed by atoms with E-state index in [0.29, 0.717) is 22.3 Å². The van der Waals surface area contributed by atoms with Gasteiger partial charge in [0.15, 0.2) is 11.6 Å². The van der Waals surface area contributed by atoms with Gasteiger partial charge in [0, 0.05) is 35.8 Å². The van der Waals surface area contributed by atoms with Crippen LogP contribution in [-0.2, 0) is 12.2 Å². The van der Waals surface area contributed by atoms with Gasteiger partial charge in [-0.25, -0.2) is 18.7 Å². The van der Waals surface area contributed by atoms with Gasteiger partial charge in [0.05, 0.1) is 0 Å². The van der Waals surface area contributed by atoms with E-state index in [-0.39, 0.29) is 40.3 Å². The molecule has 4 aromatic rings. The van der Waals surface area contributed by atoms with Crippen LogP contribution in [0, 0.1) is 32.4 Å². The van der Waals surface area contributed by atoms with Gasteiger partial charge in [0.25, 0.3) is 5.56 Å². The number of pyridine rings is 2. The van der Waals surface area contributed by atoms with Gasteiger partial charge in [-0.15, -0.1) is 0 Å². The molecule has 10 heteroatoms. The molecule has 0 bridgehead atoms. The van der Waals surface area contributed by atoms with Gasteiger partial charge in [-0.05, 0) is 69.5 Å². The molecule has 0 fully saturated rings. The molecule has 0 atom stereocenters. The maximum absolute atomic E-state index is 15.7. The van der Waals surface area contributed by atoms with Crippen LogP contribution in [0.1, 0.15) is 42.1 Å². The van der Waals surface area contributed by atoms with E-state index in [1.165, 1.54) is 55.2 Å². The third-order valence-electron chi connectivity index (χ3n) is 5.75. The van der Waals surface area contributed by atoms with Crippen LogP contribution >= 0.6 is 11.6 Å². The van der Waals surface area contributed by atoms with Crippen molar-refractivity contribution < 1.29 is 18.6 Å². The molecule has 0 saturated heterocycles. The quantitative estimate of drug-likeness (QED) is 0.364. The summed E-state index contributed by atoms with van der Waals surface area (Å²) >= 11 is 6.33. The van der Waals surface area contributed by atoms with Gasteiger partial charge in [0.2, 0.25) is 0 Å². The van der Waals surface area contributed by atoms with E-state index in [4.69, 9.17) is 16.3 Å². The van der Waals surface area contributed by atoms with Gasteiger partial charge < -0.3 is 9.84 Å². The number of ether oxygens (including phenoxy) is 1. The maximum Gasteiger partial charge on any atom is 0.256 e. The van der Waals surface area contributed by atoms with Crippen LogP contribution in [0.25, 0.3) is 16.9 Å². The minimum absolute atomic E-state index is 0.0405. The Labute approximate surface area is 217 Å². The molecule has 0 unspecified atom stereocenters. The van der Waals surface area contributed by atoms with Crippen molar-refractivity contribution in [3.8, 4) is 22.7 Å². The minimum atomic E-state index is -1.32. The molecule has 7 nitrogen and oxygen atoms in total. The molecule has 3 heterocycles. The fraction of sp³-hybridized carbons (Fsp3) is 0.259. The first kappa shape index (κ1) is 26.4. The number of aliphatic hydroxyl groups is 1. The van der Waals surface area contributed by atoms with Crippen molar-refractivity contribution in [1.82, 2.24) is 19.5 Å². The Hall–Kier alpha value is -3.69. The lowest BCUT2D eigenvalue weighted by Crippen LogP contribution is -2.23. The molecule has 0 aliphatic heterocycles. The molecule has 4 rings (SSSR count). The van der Waals surface area contributed by atoms with Crippen LogP contribution in [0.4, 0.5) is 8.78 Å². The smallest absolute Gasteiger partial charge is 0.256 e. The average molecular weight is 527 g/mol. The monoisotopic (exact) mass is 526 g/mol. The molecule has 1 N–H and O–H groups in total. The molecule has 0 aliphatic rings. The second-order valence-corrected chi connectivity index (χ2v) is 9.68. The van der Waals surface area contributed by atoms with Crippen LogP contribution in [0.3, 0.4) is 0 Å². The Morgan fingerprint density at radius 2 is 1.84 bits per heavy atom. The summed E-state index contributed by atoms with van der Waals surface area (Å²) in [6, 6.07) is 5.77. The molecule has 192 valence electrons. The summed E-state index contributed by atoms with van der Waals surface area (Å²) in [7, 11) is 0. The highest BCUT2D eigenvalue weighted by molar-refractivity contribution is 6.32. The first-order valence-corrected chi connectivity index (χ1v) is 11.8. The summed E-state index contributed by atoms with van der Waals surface area (Å²) in [4.78, 5) is 25.2. The Kier molecular flexibility index (Phi) is 7.12. The lowest BCUT2D eigenvalue weighted by molar-refractivity contribution is 0.0686. The number of hydrogen-bond acceptors (Lipinski definition) is 6. The highest BCUT2D eigenvalue weighted by atomic mass is 35.5. The van der Waals surface area contributed by atoms with Crippen molar-refractivity contribution in [3.63, 3.8) is 0 Å². The van der Waals surface area contributed by atoms with Crippen molar-refractivity contribution in [1.29, 1.82) is 0 Å². The number of nitrogens with zero attached hydrogens (tertiary/aromatic N) is 4. The van der Waals surface area contributed by atoms with E-state index in [2.05, 4.69) is 15.0 Å². The molecule has 3 aromatic heterocycles. The highest BCUT2D eigenvalue weighted by Crippen LogP contribution is 2.38. The zero-order valence-corrected chi connectivity index (χ0v) is 21.7. The van der Waals surface area contributed by atoms with Gasteiger partial charge >= 0.3 is 0 Å². The van der Waals surface area contributed by atoms with Crippen molar-refractivity contribution in [2.75, 3.05) is 0 Å². The first-order valence-electron chi connectivity index (χ1n) is 11.4. The zero-order chi connectivity index (χ0) is 27.1. The number of halogens is 3. The second-order valence-electron chi connectivity index (χ2n) is 9.30. The normalized spacial score (nSPS) is 11.6. The number of aromatic nitrogens is 4. The van der Waals surface area contributed by atoms with E-state index in [0.717, 1.165) is 0 Å². The first-order chi connectivity index (χ1) is 17.4. The molecular formula is C27H25ClF2N4O3. The Morgan fingerprint density at radius 3 is 2.51 bits per heavy atom. The molecule has 0 saturated carbocycles. The molecule has 37 heavy (non-hydrogen) atoms. The highest BCUT2D eigenvalue weighted by Gasteiger charge is 2.23. The summed E-state index contributed by atoms with van der Waals surface area (Å²) in [6.45, 7) is 7.92. The van der Waals surface area contributed by atoms with Crippen molar-refractivity contribution >= 4 is 11.6 Å². The van der Waals surface area contributed by atoms with Gasteiger partial charge in [-0.2, -0.15) is 0 Å². The summed E-state index contributed by atoms with van der Waals surface area (Å²) in [5.41, 5.74) is 0.632.